The number of rotatable bonds is 2. The smallest absolute Gasteiger partial charge is 0.321 e. The van der Waals surface area contributed by atoms with Gasteiger partial charge in [0.05, 0.1) is 5.69 Å². The van der Waals surface area contributed by atoms with Crippen LogP contribution in [-0.2, 0) is 13.0 Å². The molecule has 0 unspecified atom stereocenters. The summed E-state index contributed by atoms with van der Waals surface area (Å²) in [6, 6.07) is -0.0461. The Morgan fingerprint density at radius 3 is 3.00 bits per heavy atom. The van der Waals surface area contributed by atoms with Gasteiger partial charge in [-0.2, -0.15) is 0 Å². The number of anilines is 1. The first kappa shape index (κ1) is 12.3. The Kier molecular flexibility index (Phi) is 3.63. The van der Waals surface area contributed by atoms with Crippen molar-refractivity contribution in [2.75, 3.05) is 18.9 Å². The molecule has 0 aliphatic carbocycles. The molecule has 2 N–H and O–H groups in total. The largest absolute Gasteiger partial charge is 0.336 e. The van der Waals surface area contributed by atoms with Crippen LogP contribution in [0.25, 0.3) is 0 Å². The third-order valence-corrected chi connectivity index (χ3v) is 3.56. The lowest BCUT2D eigenvalue weighted by Crippen LogP contribution is -2.34. The first-order valence-corrected chi connectivity index (χ1v) is 6.61. The number of aromatic nitrogens is 1. The summed E-state index contributed by atoms with van der Waals surface area (Å²) >= 11 is 1.57. The Bertz CT molecular complexity index is 416. The molecule has 2 amide bonds. The number of carbonyl (C=O) groups excluding carboxylic acids is 1. The average molecular weight is 254 g/mol. The molecule has 1 aromatic rings. The molecule has 5 nitrogen and oxygen atoms in total. The molecule has 0 radical (unpaired) electrons. The highest BCUT2D eigenvalue weighted by molar-refractivity contribution is 7.15. The summed E-state index contributed by atoms with van der Waals surface area (Å²) in [5, 5.41) is 6.27. The van der Waals surface area contributed by atoms with Gasteiger partial charge in [-0.05, 0) is 20.9 Å². The highest BCUT2D eigenvalue weighted by atomic mass is 32.1. The van der Waals surface area contributed by atoms with E-state index < -0.39 is 0 Å². The fraction of sp³-hybridized carbons (Fsp3) is 0.636. The minimum absolute atomic E-state index is 0.135. The molecule has 6 heteroatoms. The molecule has 0 spiro atoms. The van der Waals surface area contributed by atoms with Crippen LogP contribution in [0.5, 0.6) is 0 Å². The van der Waals surface area contributed by atoms with E-state index in [9.17, 15) is 4.79 Å². The summed E-state index contributed by atoms with van der Waals surface area (Å²) in [7, 11) is 2.10. The Morgan fingerprint density at radius 2 is 2.29 bits per heavy atom. The maximum Gasteiger partial charge on any atom is 0.321 e. The number of nitrogens with one attached hydrogen (secondary N) is 2. The average Bonchev–Trinajstić information content (AvgIpc) is 2.57. The first-order valence-electron chi connectivity index (χ1n) is 5.79. The molecule has 94 valence electrons. The fourth-order valence-electron chi connectivity index (χ4n) is 1.77. The summed E-state index contributed by atoms with van der Waals surface area (Å²) in [6.45, 7) is 5.83. The highest BCUT2D eigenvalue weighted by Crippen LogP contribution is 2.27. The lowest BCUT2D eigenvalue weighted by atomic mass is 10.2. The van der Waals surface area contributed by atoms with E-state index in [1.807, 2.05) is 13.8 Å². The summed E-state index contributed by atoms with van der Waals surface area (Å²) in [4.78, 5) is 19.5. The van der Waals surface area contributed by atoms with Crippen LogP contribution in [0.1, 0.15) is 24.4 Å². The molecule has 0 saturated heterocycles. The Hall–Kier alpha value is -1.14. The van der Waals surface area contributed by atoms with Crippen LogP contribution in [-0.4, -0.2) is 35.5 Å². The second-order valence-corrected chi connectivity index (χ2v) is 5.71. The SMILES string of the molecule is CC(C)NC(=O)Nc1nc2c(s1)CN(C)CC2. The van der Waals surface area contributed by atoms with Crippen LogP contribution in [0.3, 0.4) is 0 Å². The van der Waals surface area contributed by atoms with Gasteiger partial charge in [0.15, 0.2) is 5.13 Å². The van der Waals surface area contributed by atoms with Gasteiger partial charge in [0, 0.05) is 30.4 Å². The normalized spacial score (nSPS) is 15.8. The number of hydrogen-bond acceptors (Lipinski definition) is 4. The van der Waals surface area contributed by atoms with Crippen molar-refractivity contribution in [2.24, 2.45) is 0 Å². The van der Waals surface area contributed by atoms with Gasteiger partial charge in [-0.3, -0.25) is 5.32 Å². The van der Waals surface area contributed by atoms with Gasteiger partial charge in [0.1, 0.15) is 0 Å². The number of carbonyl (C=O) groups is 1. The number of hydrogen-bond donors (Lipinski definition) is 2. The zero-order valence-corrected chi connectivity index (χ0v) is 11.2. The Labute approximate surface area is 105 Å². The third-order valence-electron chi connectivity index (χ3n) is 2.56. The zero-order chi connectivity index (χ0) is 12.4. The molecule has 0 atom stereocenters. The third kappa shape index (κ3) is 3.17. The van der Waals surface area contributed by atoms with Crippen LogP contribution >= 0.6 is 11.3 Å². The number of nitrogens with zero attached hydrogens (tertiary/aromatic N) is 2. The number of fused-ring (bicyclic) bond motifs is 1. The van der Waals surface area contributed by atoms with E-state index in [-0.39, 0.29) is 12.1 Å². The number of amides is 2. The number of thiazole rings is 1. The maximum absolute atomic E-state index is 11.5. The van der Waals surface area contributed by atoms with Crippen LogP contribution < -0.4 is 10.6 Å². The summed E-state index contributed by atoms with van der Waals surface area (Å²) in [5.41, 5.74) is 1.13. The van der Waals surface area contributed by atoms with Crippen molar-refractivity contribution in [2.45, 2.75) is 32.9 Å². The number of urea groups is 1. The van der Waals surface area contributed by atoms with Crippen molar-refractivity contribution in [3.05, 3.63) is 10.6 Å². The summed E-state index contributed by atoms with van der Waals surface area (Å²) < 4.78 is 0. The standard InChI is InChI=1S/C11H18N4OS/c1-7(2)12-10(16)14-11-13-8-4-5-15(3)6-9(8)17-11/h7H,4-6H2,1-3H3,(H2,12,13,14,16). The quantitative estimate of drug-likeness (QED) is 0.844. The Morgan fingerprint density at radius 1 is 1.53 bits per heavy atom. The molecule has 2 rings (SSSR count). The monoisotopic (exact) mass is 254 g/mol. The molecule has 2 heterocycles. The Balaban J connectivity index is 2.01. The molecular weight excluding hydrogens is 236 g/mol. The minimum Gasteiger partial charge on any atom is -0.336 e. The predicted molar refractivity (Wildman–Crippen MR) is 69.4 cm³/mol. The predicted octanol–water partition coefficient (Wildman–Crippen LogP) is 1.66. The van der Waals surface area contributed by atoms with Gasteiger partial charge in [0.2, 0.25) is 0 Å². The molecule has 0 aromatic carbocycles. The van der Waals surface area contributed by atoms with E-state index in [0.717, 1.165) is 25.2 Å². The number of likely N-dealkylation sites (N-methyl/N-ethyl adjacent to an activating group) is 1. The van der Waals surface area contributed by atoms with Crippen molar-refractivity contribution >= 4 is 22.5 Å². The second kappa shape index (κ2) is 5.01. The van der Waals surface area contributed by atoms with E-state index in [1.165, 1.54) is 4.88 Å². The van der Waals surface area contributed by atoms with Crippen LogP contribution in [0.4, 0.5) is 9.93 Å². The van der Waals surface area contributed by atoms with Crippen LogP contribution in [0.2, 0.25) is 0 Å². The second-order valence-electron chi connectivity index (χ2n) is 4.63. The van der Waals surface area contributed by atoms with Gasteiger partial charge in [0.25, 0.3) is 0 Å². The van der Waals surface area contributed by atoms with Crippen molar-refractivity contribution in [3.8, 4) is 0 Å². The molecule has 1 aliphatic heterocycles. The fourth-order valence-corrected chi connectivity index (χ4v) is 2.86. The van der Waals surface area contributed by atoms with Crippen LogP contribution in [0, 0.1) is 0 Å². The molecule has 17 heavy (non-hydrogen) atoms. The van der Waals surface area contributed by atoms with E-state index in [1.54, 1.807) is 11.3 Å². The van der Waals surface area contributed by atoms with Crippen molar-refractivity contribution in [3.63, 3.8) is 0 Å². The van der Waals surface area contributed by atoms with Crippen molar-refractivity contribution in [1.29, 1.82) is 0 Å². The molecular formula is C11H18N4OS. The van der Waals surface area contributed by atoms with Crippen LogP contribution in [0.15, 0.2) is 0 Å². The van der Waals surface area contributed by atoms with Gasteiger partial charge in [-0.25, -0.2) is 9.78 Å². The van der Waals surface area contributed by atoms with E-state index in [4.69, 9.17) is 0 Å². The van der Waals surface area contributed by atoms with Crippen molar-refractivity contribution < 1.29 is 4.79 Å². The maximum atomic E-state index is 11.5. The highest BCUT2D eigenvalue weighted by Gasteiger charge is 2.19. The molecule has 0 bridgehead atoms. The van der Waals surface area contributed by atoms with E-state index in [0.29, 0.717) is 5.13 Å². The lowest BCUT2D eigenvalue weighted by molar-refractivity contribution is 0.250. The van der Waals surface area contributed by atoms with Gasteiger partial charge in [-0.1, -0.05) is 0 Å². The summed E-state index contributed by atoms with van der Waals surface area (Å²) in [5.74, 6) is 0. The summed E-state index contributed by atoms with van der Waals surface area (Å²) in [6.07, 6.45) is 0.968. The first-order chi connectivity index (χ1) is 8.04. The minimum atomic E-state index is -0.181. The zero-order valence-electron chi connectivity index (χ0n) is 10.4. The van der Waals surface area contributed by atoms with Crippen molar-refractivity contribution in [1.82, 2.24) is 15.2 Å². The van der Waals surface area contributed by atoms with Gasteiger partial charge in [-0.15, -0.1) is 11.3 Å². The molecule has 1 aliphatic rings. The molecule has 1 aromatic heterocycles. The van der Waals surface area contributed by atoms with Gasteiger partial charge >= 0.3 is 6.03 Å². The van der Waals surface area contributed by atoms with Gasteiger partial charge < -0.3 is 10.2 Å². The molecule has 0 saturated carbocycles. The van der Waals surface area contributed by atoms with E-state index >= 15 is 0 Å². The van der Waals surface area contributed by atoms with E-state index in [2.05, 4.69) is 27.6 Å². The molecule has 0 fully saturated rings. The lowest BCUT2D eigenvalue weighted by Gasteiger charge is -2.20. The topological polar surface area (TPSA) is 57.3 Å².